The first kappa shape index (κ1) is 17.5. The molecule has 2 aliphatic rings. The van der Waals surface area contributed by atoms with Crippen LogP contribution in [0.3, 0.4) is 0 Å². The van der Waals surface area contributed by atoms with E-state index in [0.717, 1.165) is 0 Å². The molecule has 0 bridgehead atoms. The fourth-order valence-corrected chi connectivity index (χ4v) is 4.64. The van der Waals surface area contributed by atoms with Crippen LogP contribution in [-0.2, 0) is 9.84 Å². The first-order valence-electron chi connectivity index (χ1n) is 8.49. The molecule has 2 N–H and O–H groups in total. The Morgan fingerprint density at radius 1 is 1.15 bits per heavy atom. The van der Waals surface area contributed by atoms with E-state index in [4.69, 9.17) is 9.47 Å². The number of rotatable bonds is 4. The van der Waals surface area contributed by atoms with Crippen molar-refractivity contribution in [1.29, 1.82) is 0 Å². The molecule has 1 saturated heterocycles. The quantitative estimate of drug-likeness (QED) is 0.796. The Morgan fingerprint density at radius 2 is 1.96 bits per heavy atom. The smallest absolute Gasteiger partial charge is 0.274 e. The van der Waals surface area contributed by atoms with Gasteiger partial charge in [0.25, 0.3) is 5.91 Å². The number of hydrogen-bond acceptors (Lipinski definition) is 8. The van der Waals surface area contributed by atoms with Crippen molar-refractivity contribution in [2.45, 2.75) is 12.5 Å². The van der Waals surface area contributed by atoms with E-state index >= 15 is 0 Å². The fraction of sp³-hybridized carbons (Fsp3) is 0.353. The van der Waals surface area contributed by atoms with Crippen molar-refractivity contribution in [2.24, 2.45) is 0 Å². The molecule has 0 spiro atoms. The van der Waals surface area contributed by atoms with Crippen LogP contribution in [0.1, 0.15) is 16.9 Å². The number of anilines is 2. The van der Waals surface area contributed by atoms with Crippen LogP contribution in [0.5, 0.6) is 11.5 Å². The number of fused-ring (bicyclic) bond motifs is 1. The van der Waals surface area contributed by atoms with Crippen LogP contribution in [0.4, 0.5) is 11.6 Å². The Balaban J connectivity index is 1.44. The van der Waals surface area contributed by atoms with Crippen molar-refractivity contribution in [2.75, 3.05) is 35.4 Å². The number of ether oxygens (including phenoxy) is 2. The van der Waals surface area contributed by atoms with Gasteiger partial charge in [0.15, 0.2) is 21.3 Å². The summed E-state index contributed by atoms with van der Waals surface area (Å²) in [4.78, 5) is 20.7. The Labute approximate surface area is 156 Å². The minimum Gasteiger partial charge on any atom is -0.486 e. The van der Waals surface area contributed by atoms with E-state index in [2.05, 4.69) is 20.6 Å². The Hall–Kier alpha value is -2.88. The van der Waals surface area contributed by atoms with Gasteiger partial charge in [0.1, 0.15) is 18.9 Å². The molecule has 2 aromatic rings. The van der Waals surface area contributed by atoms with Gasteiger partial charge in [0, 0.05) is 24.0 Å². The zero-order valence-electron chi connectivity index (χ0n) is 14.3. The van der Waals surface area contributed by atoms with Crippen molar-refractivity contribution >= 4 is 27.4 Å². The molecule has 10 heteroatoms. The van der Waals surface area contributed by atoms with Gasteiger partial charge < -0.3 is 20.1 Å². The number of nitrogens with one attached hydrogen (secondary N) is 2. The molecule has 1 aromatic carbocycles. The second kappa shape index (κ2) is 7.03. The van der Waals surface area contributed by atoms with Gasteiger partial charge in [0.2, 0.25) is 5.95 Å². The molecule has 0 aliphatic carbocycles. The normalized spacial score (nSPS) is 20.1. The summed E-state index contributed by atoms with van der Waals surface area (Å²) < 4.78 is 34.0. The first-order valence-corrected chi connectivity index (χ1v) is 10.3. The van der Waals surface area contributed by atoms with Crippen LogP contribution in [0.2, 0.25) is 0 Å². The monoisotopic (exact) mass is 390 g/mol. The van der Waals surface area contributed by atoms with E-state index in [0.29, 0.717) is 36.8 Å². The standard InChI is InChI=1S/C17H18N4O5S/c22-16(19-11-1-2-14-15(9-11)26-7-6-25-14)13-3-5-18-17(21-13)20-12-4-8-27(23,24)10-12/h1-3,5,9,12H,4,6-8,10H2,(H,19,22)(H,18,20,21). The highest BCUT2D eigenvalue weighted by atomic mass is 32.2. The van der Waals surface area contributed by atoms with Gasteiger partial charge in [-0.2, -0.15) is 0 Å². The number of aromatic nitrogens is 2. The van der Waals surface area contributed by atoms with E-state index < -0.39 is 15.7 Å². The van der Waals surface area contributed by atoms with Crippen molar-refractivity contribution in [3.05, 3.63) is 36.2 Å². The van der Waals surface area contributed by atoms with Crippen LogP contribution < -0.4 is 20.1 Å². The molecular formula is C17H18N4O5S. The molecule has 142 valence electrons. The van der Waals surface area contributed by atoms with Crippen LogP contribution in [0.15, 0.2) is 30.5 Å². The molecule has 27 heavy (non-hydrogen) atoms. The highest BCUT2D eigenvalue weighted by Crippen LogP contribution is 2.32. The molecule has 1 unspecified atom stereocenters. The van der Waals surface area contributed by atoms with Crippen molar-refractivity contribution in [1.82, 2.24) is 9.97 Å². The molecule has 4 rings (SSSR count). The van der Waals surface area contributed by atoms with Gasteiger partial charge in [0.05, 0.1) is 11.5 Å². The maximum atomic E-state index is 12.5. The minimum atomic E-state index is -3.01. The van der Waals surface area contributed by atoms with Crippen LogP contribution in [0, 0.1) is 0 Å². The second-order valence-electron chi connectivity index (χ2n) is 6.32. The predicted molar refractivity (Wildman–Crippen MR) is 98.1 cm³/mol. The van der Waals surface area contributed by atoms with Gasteiger partial charge in [-0.1, -0.05) is 0 Å². The average molecular weight is 390 g/mol. The lowest BCUT2D eigenvalue weighted by Crippen LogP contribution is -2.23. The molecule has 9 nitrogen and oxygen atoms in total. The van der Waals surface area contributed by atoms with Crippen molar-refractivity contribution in [3.63, 3.8) is 0 Å². The summed E-state index contributed by atoms with van der Waals surface area (Å²) in [5.74, 6) is 1.23. The third-order valence-electron chi connectivity index (χ3n) is 4.25. The highest BCUT2D eigenvalue weighted by Gasteiger charge is 2.28. The number of sulfone groups is 1. The summed E-state index contributed by atoms with van der Waals surface area (Å²) >= 11 is 0. The largest absolute Gasteiger partial charge is 0.486 e. The first-order chi connectivity index (χ1) is 13.0. The summed E-state index contributed by atoms with van der Waals surface area (Å²) in [6.07, 6.45) is 1.96. The van der Waals surface area contributed by atoms with Gasteiger partial charge >= 0.3 is 0 Å². The Kier molecular flexibility index (Phi) is 4.56. The fourth-order valence-electron chi connectivity index (χ4n) is 2.96. The summed E-state index contributed by atoms with van der Waals surface area (Å²) in [5, 5.41) is 5.73. The molecular weight excluding hydrogens is 372 g/mol. The lowest BCUT2D eigenvalue weighted by Gasteiger charge is -2.19. The van der Waals surface area contributed by atoms with Crippen LogP contribution in [0.25, 0.3) is 0 Å². The van der Waals surface area contributed by atoms with E-state index in [1.54, 1.807) is 18.2 Å². The van der Waals surface area contributed by atoms with E-state index in [9.17, 15) is 13.2 Å². The van der Waals surface area contributed by atoms with Gasteiger partial charge in [-0.05, 0) is 24.6 Å². The third-order valence-corrected chi connectivity index (χ3v) is 6.02. The van der Waals surface area contributed by atoms with Gasteiger partial charge in [-0.15, -0.1) is 0 Å². The number of nitrogens with zero attached hydrogens (tertiary/aromatic N) is 2. The van der Waals surface area contributed by atoms with E-state index in [1.807, 2.05) is 0 Å². The molecule has 0 radical (unpaired) electrons. The molecule has 1 amide bonds. The molecule has 1 aromatic heterocycles. The molecule has 3 heterocycles. The highest BCUT2D eigenvalue weighted by molar-refractivity contribution is 7.91. The molecule has 1 atom stereocenters. The molecule has 1 fully saturated rings. The summed E-state index contributed by atoms with van der Waals surface area (Å²) in [5.41, 5.74) is 0.725. The van der Waals surface area contributed by atoms with Crippen molar-refractivity contribution in [3.8, 4) is 11.5 Å². The summed E-state index contributed by atoms with van der Waals surface area (Å²) in [7, 11) is -3.01. The predicted octanol–water partition coefficient (Wildman–Crippen LogP) is 1.10. The minimum absolute atomic E-state index is 0.0456. The average Bonchev–Trinajstić information content (AvgIpc) is 3.00. The number of carbonyl (C=O) groups excluding carboxylic acids is 1. The Morgan fingerprint density at radius 3 is 2.74 bits per heavy atom. The third kappa shape index (κ3) is 4.11. The lowest BCUT2D eigenvalue weighted by molar-refractivity contribution is 0.102. The second-order valence-corrected chi connectivity index (χ2v) is 8.55. The zero-order chi connectivity index (χ0) is 18.9. The maximum absolute atomic E-state index is 12.5. The number of hydrogen-bond donors (Lipinski definition) is 2. The number of amides is 1. The number of benzene rings is 1. The maximum Gasteiger partial charge on any atom is 0.274 e. The Bertz CT molecular complexity index is 979. The molecule has 0 saturated carbocycles. The van der Waals surface area contributed by atoms with E-state index in [1.165, 1.54) is 12.3 Å². The molecule has 2 aliphatic heterocycles. The van der Waals surface area contributed by atoms with Gasteiger partial charge in [-0.25, -0.2) is 18.4 Å². The van der Waals surface area contributed by atoms with Gasteiger partial charge in [-0.3, -0.25) is 4.79 Å². The SMILES string of the molecule is O=C(Nc1ccc2c(c1)OCCO2)c1ccnc(NC2CCS(=O)(=O)C2)n1. The lowest BCUT2D eigenvalue weighted by atomic mass is 10.2. The number of carbonyl (C=O) groups is 1. The topological polar surface area (TPSA) is 120 Å². The summed E-state index contributed by atoms with van der Waals surface area (Å²) in [6, 6.07) is 6.39. The zero-order valence-corrected chi connectivity index (χ0v) is 15.2. The van der Waals surface area contributed by atoms with Crippen LogP contribution in [-0.4, -0.2) is 55.1 Å². The van der Waals surface area contributed by atoms with E-state index in [-0.39, 0.29) is 29.2 Å². The van der Waals surface area contributed by atoms with Crippen LogP contribution >= 0.6 is 0 Å². The van der Waals surface area contributed by atoms with Crippen molar-refractivity contribution < 1.29 is 22.7 Å². The summed E-state index contributed by atoms with van der Waals surface area (Å²) in [6.45, 7) is 0.958.